The predicted molar refractivity (Wildman–Crippen MR) is 91.5 cm³/mol. The number of aromatic nitrogens is 2. The molecule has 0 unspecified atom stereocenters. The molecule has 3 rings (SSSR count). The maximum Gasteiger partial charge on any atom is 0.0738 e. The molecule has 1 aromatic heterocycles. The lowest BCUT2D eigenvalue weighted by Crippen LogP contribution is -2.14. The van der Waals surface area contributed by atoms with Gasteiger partial charge in [-0.2, -0.15) is 5.10 Å². The molecule has 0 aliphatic heterocycles. The van der Waals surface area contributed by atoms with Gasteiger partial charge in [0.15, 0.2) is 0 Å². The van der Waals surface area contributed by atoms with Crippen LogP contribution in [0.4, 0.5) is 0 Å². The average Bonchev–Trinajstić information content (AvgIpc) is 3.26. The molecule has 112 valence electrons. The molecular formula is C16H20BrN3S. The summed E-state index contributed by atoms with van der Waals surface area (Å²) in [5.74, 6) is 0.928. The van der Waals surface area contributed by atoms with Gasteiger partial charge >= 0.3 is 0 Å². The summed E-state index contributed by atoms with van der Waals surface area (Å²) in [6.07, 6.45) is 2.68. The van der Waals surface area contributed by atoms with Crippen molar-refractivity contribution < 1.29 is 0 Å². The SMILES string of the molecule is Cc1nn(C)c(CSc2ccc(CNC3CC3)cc2)c1Br. The first-order chi connectivity index (χ1) is 10.1. The van der Waals surface area contributed by atoms with Crippen LogP contribution in [-0.2, 0) is 19.3 Å². The number of aryl methyl sites for hydroxylation is 2. The Kier molecular flexibility index (Phi) is 4.72. The number of nitrogens with one attached hydrogen (secondary N) is 1. The minimum absolute atomic E-state index is 0.768. The molecule has 1 aromatic carbocycles. The highest BCUT2D eigenvalue weighted by Gasteiger charge is 2.19. The Balaban J connectivity index is 1.57. The highest BCUT2D eigenvalue weighted by molar-refractivity contribution is 9.10. The predicted octanol–water partition coefficient (Wildman–Crippen LogP) is 4.04. The van der Waals surface area contributed by atoms with Crippen molar-refractivity contribution in [3.05, 3.63) is 45.7 Å². The molecule has 3 nitrogen and oxygen atoms in total. The fourth-order valence-corrected chi connectivity index (χ4v) is 3.87. The summed E-state index contributed by atoms with van der Waals surface area (Å²) in [4.78, 5) is 1.30. The summed E-state index contributed by atoms with van der Waals surface area (Å²) in [7, 11) is 2.00. The number of halogens is 1. The van der Waals surface area contributed by atoms with Gasteiger partial charge < -0.3 is 5.32 Å². The van der Waals surface area contributed by atoms with Crippen molar-refractivity contribution in [2.24, 2.45) is 7.05 Å². The van der Waals surface area contributed by atoms with E-state index in [1.807, 2.05) is 30.4 Å². The monoisotopic (exact) mass is 365 g/mol. The Hall–Kier alpha value is -0.780. The van der Waals surface area contributed by atoms with Crippen LogP contribution in [0, 0.1) is 6.92 Å². The molecule has 21 heavy (non-hydrogen) atoms. The maximum absolute atomic E-state index is 4.43. The summed E-state index contributed by atoms with van der Waals surface area (Å²) < 4.78 is 3.09. The van der Waals surface area contributed by atoms with E-state index in [0.29, 0.717) is 0 Å². The molecule has 0 atom stereocenters. The largest absolute Gasteiger partial charge is 0.310 e. The molecule has 2 aromatic rings. The Labute approximate surface area is 138 Å². The zero-order valence-electron chi connectivity index (χ0n) is 12.4. The third-order valence-electron chi connectivity index (χ3n) is 3.73. The second-order valence-electron chi connectivity index (χ2n) is 5.56. The second kappa shape index (κ2) is 6.55. The van der Waals surface area contributed by atoms with E-state index in [4.69, 9.17) is 0 Å². The van der Waals surface area contributed by atoms with Gasteiger partial charge in [0, 0.05) is 30.3 Å². The van der Waals surface area contributed by atoms with Gasteiger partial charge in [-0.3, -0.25) is 4.68 Å². The Morgan fingerprint density at radius 3 is 2.62 bits per heavy atom. The minimum Gasteiger partial charge on any atom is -0.310 e. The van der Waals surface area contributed by atoms with Gasteiger partial charge in [-0.25, -0.2) is 0 Å². The van der Waals surface area contributed by atoms with E-state index in [1.54, 1.807) is 0 Å². The first kappa shape index (κ1) is 15.1. The van der Waals surface area contributed by atoms with Gasteiger partial charge in [0.05, 0.1) is 15.9 Å². The van der Waals surface area contributed by atoms with E-state index < -0.39 is 0 Å². The molecule has 1 aliphatic carbocycles. The molecule has 0 radical (unpaired) electrons. The van der Waals surface area contributed by atoms with Crippen LogP contribution in [-0.4, -0.2) is 15.8 Å². The zero-order valence-corrected chi connectivity index (χ0v) is 14.8. The van der Waals surface area contributed by atoms with Crippen molar-refractivity contribution in [1.29, 1.82) is 0 Å². The van der Waals surface area contributed by atoms with Crippen LogP contribution in [0.15, 0.2) is 33.6 Å². The number of hydrogen-bond acceptors (Lipinski definition) is 3. The Morgan fingerprint density at radius 2 is 2.05 bits per heavy atom. The first-order valence-electron chi connectivity index (χ1n) is 7.26. The van der Waals surface area contributed by atoms with Crippen molar-refractivity contribution >= 4 is 27.7 Å². The standard InChI is InChI=1S/C16H20BrN3S/c1-11-16(17)15(20(2)19-11)10-21-14-7-3-12(4-8-14)9-18-13-5-6-13/h3-4,7-8,13,18H,5-6,9-10H2,1-2H3. The molecule has 0 spiro atoms. The van der Waals surface area contributed by atoms with E-state index in [1.165, 1.54) is 29.0 Å². The quantitative estimate of drug-likeness (QED) is 0.783. The zero-order chi connectivity index (χ0) is 14.8. The summed E-state index contributed by atoms with van der Waals surface area (Å²) in [5, 5.41) is 7.98. The highest BCUT2D eigenvalue weighted by atomic mass is 79.9. The smallest absolute Gasteiger partial charge is 0.0738 e. The third-order valence-corrected chi connectivity index (χ3v) is 5.79. The van der Waals surface area contributed by atoms with Gasteiger partial charge in [-0.05, 0) is 53.4 Å². The van der Waals surface area contributed by atoms with Crippen LogP contribution in [0.5, 0.6) is 0 Å². The number of thioether (sulfide) groups is 1. The van der Waals surface area contributed by atoms with Crippen LogP contribution >= 0.6 is 27.7 Å². The fourth-order valence-electron chi connectivity index (χ4n) is 2.24. The molecule has 1 N–H and O–H groups in total. The third kappa shape index (κ3) is 3.90. The van der Waals surface area contributed by atoms with Crippen LogP contribution in [0.25, 0.3) is 0 Å². The summed E-state index contributed by atoms with van der Waals surface area (Å²) >= 11 is 5.47. The fraction of sp³-hybridized carbons (Fsp3) is 0.438. The van der Waals surface area contributed by atoms with Gasteiger partial charge in [0.25, 0.3) is 0 Å². The summed E-state index contributed by atoms with van der Waals surface area (Å²) in [5.41, 5.74) is 3.65. The van der Waals surface area contributed by atoms with Gasteiger partial charge in [-0.15, -0.1) is 11.8 Å². The number of rotatable bonds is 6. The lowest BCUT2D eigenvalue weighted by molar-refractivity contribution is 0.687. The Morgan fingerprint density at radius 1 is 1.33 bits per heavy atom. The van der Waals surface area contributed by atoms with Crippen LogP contribution < -0.4 is 5.32 Å². The topological polar surface area (TPSA) is 29.9 Å². The number of benzene rings is 1. The van der Waals surface area contributed by atoms with Gasteiger partial charge in [0.2, 0.25) is 0 Å². The Bertz CT molecular complexity index is 617. The van der Waals surface area contributed by atoms with E-state index in [9.17, 15) is 0 Å². The van der Waals surface area contributed by atoms with Crippen LogP contribution in [0.3, 0.4) is 0 Å². The molecule has 0 bridgehead atoms. The summed E-state index contributed by atoms with van der Waals surface area (Å²) in [6, 6.07) is 9.64. The lowest BCUT2D eigenvalue weighted by atomic mass is 10.2. The van der Waals surface area contributed by atoms with Crippen molar-refractivity contribution in [1.82, 2.24) is 15.1 Å². The number of nitrogens with zero attached hydrogens (tertiary/aromatic N) is 2. The molecule has 0 saturated heterocycles. The molecule has 1 aliphatic rings. The molecule has 1 heterocycles. The lowest BCUT2D eigenvalue weighted by Gasteiger charge is -2.06. The first-order valence-corrected chi connectivity index (χ1v) is 9.04. The van der Waals surface area contributed by atoms with Gasteiger partial charge in [0.1, 0.15) is 0 Å². The molecule has 0 amide bonds. The van der Waals surface area contributed by atoms with E-state index >= 15 is 0 Å². The number of hydrogen-bond donors (Lipinski definition) is 1. The molecular weight excluding hydrogens is 346 g/mol. The van der Waals surface area contributed by atoms with E-state index in [2.05, 4.69) is 50.6 Å². The molecule has 1 saturated carbocycles. The van der Waals surface area contributed by atoms with Crippen LogP contribution in [0.1, 0.15) is 29.8 Å². The minimum atomic E-state index is 0.768. The maximum atomic E-state index is 4.43. The normalized spacial score (nSPS) is 14.6. The highest BCUT2D eigenvalue weighted by Crippen LogP contribution is 2.28. The summed E-state index contributed by atoms with van der Waals surface area (Å²) in [6.45, 7) is 3.02. The van der Waals surface area contributed by atoms with Crippen molar-refractivity contribution in [2.75, 3.05) is 0 Å². The van der Waals surface area contributed by atoms with Crippen molar-refractivity contribution in [3.8, 4) is 0 Å². The van der Waals surface area contributed by atoms with E-state index in [0.717, 1.165) is 28.5 Å². The molecule has 1 fully saturated rings. The van der Waals surface area contributed by atoms with Crippen molar-refractivity contribution in [2.45, 2.75) is 43.0 Å². The second-order valence-corrected chi connectivity index (χ2v) is 7.40. The average molecular weight is 366 g/mol. The van der Waals surface area contributed by atoms with Crippen LogP contribution in [0.2, 0.25) is 0 Å². The van der Waals surface area contributed by atoms with Gasteiger partial charge in [-0.1, -0.05) is 12.1 Å². The van der Waals surface area contributed by atoms with E-state index in [-0.39, 0.29) is 0 Å². The van der Waals surface area contributed by atoms with Crippen molar-refractivity contribution in [3.63, 3.8) is 0 Å². The molecule has 5 heteroatoms.